The van der Waals surface area contributed by atoms with E-state index in [2.05, 4.69) is 0 Å². The van der Waals surface area contributed by atoms with E-state index < -0.39 is 17.7 Å². The van der Waals surface area contributed by atoms with Crippen molar-refractivity contribution in [2.24, 2.45) is 0 Å². The van der Waals surface area contributed by atoms with Crippen molar-refractivity contribution in [3.8, 4) is 5.75 Å². The zero-order chi connectivity index (χ0) is 23.7. The minimum absolute atomic E-state index is 0.0298. The summed E-state index contributed by atoms with van der Waals surface area (Å²) in [7, 11) is 1.46. The summed E-state index contributed by atoms with van der Waals surface area (Å²) in [5.74, 6) is -1.34. The number of carbonyl (C=O) groups excluding carboxylic acids is 2. The van der Waals surface area contributed by atoms with E-state index in [0.29, 0.717) is 28.8 Å². The van der Waals surface area contributed by atoms with Gasteiger partial charge in [-0.1, -0.05) is 35.3 Å². The van der Waals surface area contributed by atoms with Crippen LogP contribution in [0.4, 0.5) is 0 Å². The first-order valence-corrected chi connectivity index (χ1v) is 11.9. The van der Waals surface area contributed by atoms with E-state index in [9.17, 15) is 14.7 Å². The number of thiophene rings is 1. The number of likely N-dealkylation sites (tertiary alicyclic amines) is 1. The second-order valence-electron chi connectivity index (χ2n) is 7.68. The molecule has 1 atom stereocenters. The van der Waals surface area contributed by atoms with Crippen molar-refractivity contribution in [3.63, 3.8) is 0 Å². The van der Waals surface area contributed by atoms with Gasteiger partial charge in [-0.25, -0.2) is 0 Å². The summed E-state index contributed by atoms with van der Waals surface area (Å²) in [6.45, 7) is 2.22. The van der Waals surface area contributed by atoms with Crippen LogP contribution in [0.2, 0.25) is 10.0 Å². The quantitative estimate of drug-likeness (QED) is 0.254. The van der Waals surface area contributed by atoms with Crippen LogP contribution in [0.25, 0.3) is 5.76 Å². The molecular weight excluding hydrogens is 481 g/mol. The fraction of sp³-hybridized carbons (Fsp3) is 0.200. The molecule has 8 heteroatoms. The van der Waals surface area contributed by atoms with Crippen LogP contribution in [0.5, 0.6) is 5.75 Å². The highest BCUT2D eigenvalue weighted by atomic mass is 35.5. The molecule has 4 rings (SSSR count). The third-order valence-electron chi connectivity index (χ3n) is 5.66. The van der Waals surface area contributed by atoms with Crippen LogP contribution in [0, 0.1) is 6.92 Å². The predicted molar refractivity (Wildman–Crippen MR) is 131 cm³/mol. The molecule has 0 saturated carbocycles. The number of nitrogens with zero attached hydrogens (tertiary/aromatic N) is 1. The van der Waals surface area contributed by atoms with Crippen molar-refractivity contribution in [3.05, 3.63) is 91.1 Å². The Bertz CT molecular complexity index is 1250. The van der Waals surface area contributed by atoms with E-state index in [1.807, 2.05) is 30.5 Å². The molecule has 2 aromatic carbocycles. The number of ketones is 1. The summed E-state index contributed by atoms with van der Waals surface area (Å²) in [6.07, 6.45) is 0.533. The molecule has 1 fully saturated rings. The second-order valence-corrected chi connectivity index (χ2v) is 9.50. The smallest absolute Gasteiger partial charge is 0.295 e. The number of aliphatic hydroxyl groups is 1. The second kappa shape index (κ2) is 9.59. The van der Waals surface area contributed by atoms with Gasteiger partial charge in [0.25, 0.3) is 11.7 Å². The van der Waals surface area contributed by atoms with E-state index in [1.165, 1.54) is 29.4 Å². The van der Waals surface area contributed by atoms with Crippen molar-refractivity contribution < 1.29 is 19.4 Å². The molecule has 5 nitrogen and oxygen atoms in total. The lowest BCUT2D eigenvalue weighted by Gasteiger charge is -2.25. The fourth-order valence-electron chi connectivity index (χ4n) is 3.96. The third kappa shape index (κ3) is 4.51. The Morgan fingerprint density at radius 1 is 1.09 bits per heavy atom. The zero-order valence-corrected chi connectivity index (χ0v) is 20.3. The van der Waals surface area contributed by atoms with Crippen LogP contribution < -0.4 is 4.74 Å². The van der Waals surface area contributed by atoms with Gasteiger partial charge in [-0.05, 0) is 66.2 Å². The molecule has 1 unspecified atom stereocenters. The summed E-state index contributed by atoms with van der Waals surface area (Å²) in [6, 6.07) is 13.3. The standard InChI is InChI=1S/C25H21Cl2NO4S/c1-14-10-12-33-24(14)21-20(22(29)18-13-17(27)7-8-19(18)32-2)23(30)25(31)28(21)11-9-15-3-5-16(26)6-4-15/h3-8,10,12-13,21,29H,9,11H2,1-2H3/b22-20+. The molecule has 0 radical (unpaired) electrons. The lowest BCUT2D eigenvalue weighted by Crippen LogP contribution is -2.31. The van der Waals surface area contributed by atoms with Crippen molar-refractivity contribution in [1.29, 1.82) is 0 Å². The monoisotopic (exact) mass is 501 g/mol. The van der Waals surface area contributed by atoms with Crippen molar-refractivity contribution in [2.45, 2.75) is 19.4 Å². The van der Waals surface area contributed by atoms with Gasteiger partial charge in [-0.2, -0.15) is 0 Å². The molecule has 1 saturated heterocycles. The van der Waals surface area contributed by atoms with Gasteiger partial charge in [0, 0.05) is 21.5 Å². The van der Waals surface area contributed by atoms with Crippen LogP contribution in [0.15, 0.2) is 59.5 Å². The molecule has 0 spiro atoms. The highest BCUT2D eigenvalue weighted by Gasteiger charge is 2.47. The average Bonchev–Trinajstić information content (AvgIpc) is 3.33. The lowest BCUT2D eigenvalue weighted by molar-refractivity contribution is -0.139. The van der Waals surface area contributed by atoms with Crippen LogP contribution in [-0.4, -0.2) is 35.4 Å². The summed E-state index contributed by atoms with van der Waals surface area (Å²) in [5, 5.41) is 14.2. The molecule has 1 amide bonds. The number of benzene rings is 2. The molecule has 0 aliphatic carbocycles. The zero-order valence-electron chi connectivity index (χ0n) is 18.0. The number of carbonyl (C=O) groups is 2. The Balaban J connectivity index is 1.81. The van der Waals surface area contributed by atoms with Gasteiger partial charge in [0.05, 0.1) is 24.3 Å². The van der Waals surface area contributed by atoms with E-state index in [0.717, 1.165) is 16.0 Å². The van der Waals surface area contributed by atoms with E-state index in [4.69, 9.17) is 27.9 Å². The summed E-state index contributed by atoms with van der Waals surface area (Å²) >= 11 is 13.6. The number of aryl methyl sites for hydroxylation is 1. The first kappa shape index (κ1) is 23.4. The van der Waals surface area contributed by atoms with E-state index in [-0.39, 0.29) is 16.9 Å². The maximum Gasteiger partial charge on any atom is 0.295 e. The fourth-order valence-corrected chi connectivity index (χ4v) is 5.30. The number of hydrogen-bond donors (Lipinski definition) is 1. The first-order chi connectivity index (χ1) is 15.8. The van der Waals surface area contributed by atoms with Gasteiger partial charge in [-0.15, -0.1) is 11.3 Å². The van der Waals surface area contributed by atoms with Gasteiger partial charge >= 0.3 is 0 Å². The number of aliphatic hydroxyl groups excluding tert-OH is 1. The number of hydrogen-bond acceptors (Lipinski definition) is 5. The van der Waals surface area contributed by atoms with Gasteiger partial charge < -0.3 is 14.7 Å². The molecule has 3 aromatic rings. The highest BCUT2D eigenvalue weighted by Crippen LogP contribution is 2.44. The number of halogens is 2. The summed E-state index contributed by atoms with van der Waals surface area (Å²) in [5.41, 5.74) is 2.22. The Labute approximate surface area is 205 Å². The van der Waals surface area contributed by atoms with Crippen molar-refractivity contribution >= 4 is 52.0 Å². The van der Waals surface area contributed by atoms with Crippen molar-refractivity contribution in [2.75, 3.05) is 13.7 Å². The number of methoxy groups -OCH3 is 1. The Hall–Kier alpha value is -2.80. The van der Waals surface area contributed by atoms with Gasteiger partial charge in [-0.3, -0.25) is 9.59 Å². The molecule has 1 aromatic heterocycles. The molecule has 1 N–H and O–H groups in total. The van der Waals surface area contributed by atoms with Gasteiger partial charge in [0.2, 0.25) is 0 Å². The SMILES string of the molecule is COc1ccc(Cl)cc1/C(O)=C1\C(=O)C(=O)N(CCc2ccc(Cl)cc2)C1c1sccc1C. The number of rotatable bonds is 6. The minimum Gasteiger partial charge on any atom is -0.507 e. The lowest BCUT2D eigenvalue weighted by atomic mass is 9.98. The molecule has 170 valence electrons. The highest BCUT2D eigenvalue weighted by molar-refractivity contribution is 7.10. The Morgan fingerprint density at radius 3 is 2.42 bits per heavy atom. The Kier molecular flexibility index (Phi) is 6.79. The molecule has 1 aliphatic heterocycles. The van der Waals surface area contributed by atoms with Gasteiger partial charge in [0.15, 0.2) is 0 Å². The average molecular weight is 502 g/mol. The van der Waals surface area contributed by atoms with Crippen LogP contribution >= 0.6 is 34.5 Å². The number of ether oxygens (including phenoxy) is 1. The van der Waals surface area contributed by atoms with Gasteiger partial charge in [0.1, 0.15) is 11.5 Å². The number of amides is 1. The molecule has 0 bridgehead atoms. The minimum atomic E-state index is -0.733. The first-order valence-electron chi connectivity index (χ1n) is 10.2. The summed E-state index contributed by atoms with van der Waals surface area (Å²) < 4.78 is 5.36. The van der Waals surface area contributed by atoms with E-state index >= 15 is 0 Å². The van der Waals surface area contributed by atoms with Crippen molar-refractivity contribution in [1.82, 2.24) is 4.90 Å². The maximum atomic E-state index is 13.2. The molecular formula is C25H21Cl2NO4S. The predicted octanol–water partition coefficient (Wildman–Crippen LogP) is 6.04. The summed E-state index contributed by atoms with van der Waals surface area (Å²) in [4.78, 5) is 28.7. The topological polar surface area (TPSA) is 66.8 Å². The van der Waals surface area contributed by atoms with Crippen LogP contribution in [0.1, 0.15) is 27.6 Å². The normalized spacial score (nSPS) is 17.6. The third-order valence-corrected chi connectivity index (χ3v) is 7.22. The molecule has 2 heterocycles. The largest absolute Gasteiger partial charge is 0.507 e. The van der Waals surface area contributed by atoms with Crippen LogP contribution in [0.3, 0.4) is 0 Å². The number of Topliss-reactive ketones (excluding diaryl/α,β-unsaturated/α-hetero) is 1. The molecule has 33 heavy (non-hydrogen) atoms. The Morgan fingerprint density at radius 2 is 1.79 bits per heavy atom. The maximum absolute atomic E-state index is 13.2. The molecule has 1 aliphatic rings. The van der Waals surface area contributed by atoms with E-state index in [1.54, 1.807) is 24.3 Å². The van der Waals surface area contributed by atoms with Crippen LogP contribution in [-0.2, 0) is 16.0 Å².